The molecule has 12 spiro atoms. The van der Waals surface area contributed by atoms with Crippen molar-refractivity contribution in [2.24, 2.45) is 94.6 Å². The van der Waals surface area contributed by atoms with Crippen molar-refractivity contribution in [3.8, 4) is 40.7 Å². The molecule has 8 heterocycles. The van der Waals surface area contributed by atoms with Crippen LogP contribution in [-0.4, -0.2) is 140 Å². The molecule has 4 aromatic rings. The highest BCUT2D eigenvalue weighted by Crippen LogP contribution is 2.92. The number of phenolic OH excluding ortho intramolecular Hbond substituents is 2. The number of hydrogen-bond acceptors (Lipinski definition) is 15. The molecule has 15 heteroatoms. The van der Waals surface area contributed by atoms with E-state index in [0.29, 0.717) is 41.2 Å². The first-order chi connectivity index (χ1) is 56.7. The SMILES string of the molecule is CC12CCC3(CC1C(C)(O)C(C)(C)C)[C@@H]1N(CC4CC4)[C@@]14Cc1ccc(O)c5c1[C@@]3(C4)C2O5.CC12CCC3(CC1C(C)(O)C(C)(C)C)[C@@H]1N[C@@]14Cc1ccc(O)c5c1[C@@]3(C4)C2O5.Cc1ccc2c3c1OC1C4(C)CCC5(CC4C(C)(O)C(C)(C)C)[C@@H]4N(C#N)[C@]4(C2)C[C@]315.Cc1ccc2c3c1OC1C4(C)CCC5(CC4C(C)(O)C(C)(C)C)[C@@H]4N[C@]4(C2)C[C@]315. The summed E-state index contributed by atoms with van der Waals surface area (Å²) in [4.78, 5) is 5.06. The van der Waals surface area contributed by atoms with Crippen LogP contribution in [0.4, 0.5) is 0 Å². The molecule has 33 rings (SSSR count). The first-order valence-electron chi connectivity index (χ1n) is 48.7. The highest BCUT2D eigenvalue weighted by molar-refractivity contribution is 5.72. The Balaban J connectivity index is 0.0000000876. The Morgan fingerprint density at radius 3 is 1.08 bits per heavy atom. The van der Waals surface area contributed by atoms with E-state index < -0.39 is 22.4 Å². The Morgan fingerprint density at radius 2 is 0.713 bits per heavy atom. The number of nitrogens with one attached hydrogen (secondary N) is 2. The van der Waals surface area contributed by atoms with E-state index in [1.165, 1.54) is 108 Å². The molecule has 4 aromatic carbocycles. The van der Waals surface area contributed by atoms with Gasteiger partial charge >= 0.3 is 0 Å². The minimum Gasteiger partial charge on any atom is -0.504 e. The van der Waals surface area contributed by atoms with Crippen LogP contribution in [0.5, 0.6) is 34.5 Å². The maximum atomic E-state index is 12.1. The van der Waals surface area contributed by atoms with Crippen LogP contribution in [0, 0.1) is 120 Å². The molecule has 654 valence electrons. The van der Waals surface area contributed by atoms with Gasteiger partial charge in [0.05, 0.1) is 34.0 Å². The summed E-state index contributed by atoms with van der Waals surface area (Å²) in [6.45, 7) is 49.9. The lowest BCUT2D eigenvalue weighted by Gasteiger charge is -2.70. The first-order valence-corrected chi connectivity index (χ1v) is 48.7. The van der Waals surface area contributed by atoms with Gasteiger partial charge in [0.2, 0.25) is 0 Å². The molecular weight excluding hydrogens is 1520 g/mol. The van der Waals surface area contributed by atoms with Crippen molar-refractivity contribution >= 4 is 0 Å². The fourth-order valence-corrected chi connectivity index (χ4v) is 39.4. The Morgan fingerprint density at radius 1 is 0.402 bits per heavy atom. The molecule has 8 aliphatic heterocycles. The lowest BCUT2D eigenvalue weighted by Crippen LogP contribution is -2.73. The lowest BCUT2D eigenvalue weighted by molar-refractivity contribution is -0.246. The van der Waals surface area contributed by atoms with E-state index in [1.807, 2.05) is 12.1 Å². The number of phenols is 2. The number of ether oxygens (including phenoxy) is 4. The quantitative estimate of drug-likeness (QED) is 0.0663. The van der Waals surface area contributed by atoms with Crippen LogP contribution in [0.15, 0.2) is 48.5 Å². The van der Waals surface area contributed by atoms with Crippen LogP contribution in [0.2, 0.25) is 0 Å². The fraction of sp³-hybridized carbons (Fsp3) is 0.766. The van der Waals surface area contributed by atoms with E-state index >= 15 is 0 Å². The van der Waals surface area contributed by atoms with E-state index in [0.717, 1.165) is 113 Å². The Hall–Kier alpha value is -5.31. The van der Waals surface area contributed by atoms with E-state index in [2.05, 4.69) is 215 Å². The molecule has 122 heavy (non-hydrogen) atoms. The van der Waals surface area contributed by atoms with Gasteiger partial charge in [0.1, 0.15) is 35.9 Å². The molecule has 16 bridgehead atoms. The van der Waals surface area contributed by atoms with Crippen LogP contribution in [0.25, 0.3) is 0 Å². The molecule has 17 saturated carbocycles. The summed E-state index contributed by atoms with van der Waals surface area (Å²) in [5, 5.41) is 87.8. The van der Waals surface area contributed by atoms with E-state index in [9.17, 15) is 35.9 Å². The minimum absolute atomic E-state index is 0.00202. The maximum absolute atomic E-state index is 12.1. The maximum Gasteiger partial charge on any atom is 0.180 e. The molecule has 29 aliphatic rings. The molecule has 33 atom stereocenters. The van der Waals surface area contributed by atoms with Gasteiger partial charge in [-0.05, 0) is 280 Å². The summed E-state index contributed by atoms with van der Waals surface area (Å²) >= 11 is 0. The Bertz CT molecular complexity index is 5390. The zero-order chi connectivity index (χ0) is 85.8. The van der Waals surface area contributed by atoms with E-state index in [1.54, 1.807) is 11.1 Å². The van der Waals surface area contributed by atoms with Crippen LogP contribution < -0.4 is 29.6 Å². The third-order valence-electron chi connectivity index (χ3n) is 46.6. The number of fused-ring (bicyclic) bond motifs is 8. The number of likely N-dealkylation sites (tertiary alicyclic amines) is 2. The van der Waals surface area contributed by atoms with Crippen molar-refractivity contribution in [3.63, 3.8) is 0 Å². The summed E-state index contributed by atoms with van der Waals surface area (Å²) in [7, 11) is 0. The number of rotatable bonds is 6. The van der Waals surface area contributed by atoms with Crippen molar-refractivity contribution in [1.29, 1.82) is 5.26 Å². The van der Waals surface area contributed by atoms with Crippen molar-refractivity contribution in [1.82, 2.24) is 20.4 Å². The zero-order valence-corrected chi connectivity index (χ0v) is 77.5. The van der Waals surface area contributed by atoms with Gasteiger partial charge in [-0.3, -0.25) is 9.80 Å². The van der Waals surface area contributed by atoms with E-state index in [4.69, 9.17) is 18.9 Å². The van der Waals surface area contributed by atoms with E-state index in [-0.39, 0.29) is 151 Å². The van der Waals surface area contributed by atoms with Crippen LogP contribution >= 0.6 is 0 Å². The predicted octanol–water partition coefficient (Wildman–Crippen LogP) is 17.2. The Kier molecular flexibility index (Phi) is 13.3. The van der Waals surface area contributed by atoms with Crippen molar-refractivity contribution < 1.29 is 49.6 Å². The molecule has 21 fully saturated rings. The molecule has 0 amide bonds. The van der Waals surface area contributed by atoms with Crippen molar-refractivity contribution in [2.75, 3.05) is 6.54 Å². The smallest absolute Gasteiger partial charge is 0.180 e. The van der Waals surface area contributed by atoms with Gasteiger partial charge in [0, 0.05) is 129 Å². The van der Waals surface area contributed by atoms with Gasteiger partial charge in [0.25, 0.3) is 0 Å². The van der Waals surface area contributed by atoms with Crippen molar-refractivity contribution in [3.05, 3.63) is 104 Å². The topological polar surface area (TPSA) is 232 Å². The normalized spacial score (nSPS) is 51.1. The molecule has 0 radical (unpaired) electrons. The highest BCUT2D eigenvalue weighted by Gasteiger charge is 2.96. The second-order valence-electron chi connectivity index (χ2n) is 54.0. The van der Waals surface area contributed by atoms with Gasteiger partial charge < -0.3 is 60.2 Å². The highest BCUT2D eigenvalue weighted by atomic mass is 16.5. The van der Waals surface area contributed by atoms with Crippen LogP contribution in [-0.2, 0) is 47.3 Å². The summed E-state index contributed by atoms with van der Waals surface area (Å²) in [6.07, 6.45) is 28.4. The molecule has 15 nitrogen and oxygen atoms in total. The van der Waals surface area contributed by atoms with Gasteiger partial charge in [-0.25, -0.2) is 0 Å². The largest absolute Gasteiger partial charge is 0.504 e. The predicted molar refractivity (Wildman–Crippen MR) is 467 cm³/mol. The fourth-order valence-electron chi connectivity index (χ4n) is 39.4. The number of benzene rings is 4. The number of aromatic hydroxyl groups is 2. The first kappa shape index (κ1) is 77.8. The summed E-state index contributed by atoms with van der Waals surface area (Å²) in [5.41, 5.74) is 11.5. The molecule has 21 aliphatic carbocycles. The van der Waals surface area contributed by atoms with Gasteiger partial charge in [-0.15, -0.1) is 0 Å². The minimum atomic E-state index is -0.803. The molecular formula is C107H141N5O10. The van der Waals surface area contributed by atoms with Crippen molar-refractivity contribution in [2.45, 2.75) is 408 Å². The third-order valence-corrected chi connectivity index (χ3v) is 46.6. The standard InChI is InChI=1S/C29H39NO3.C27H34N2O2.C26H35NO2.C25H33NO3/c1-24(2,3)26(5,32)19-13-27-11-10-25(19,4)23-29(27)15-28(22(27)30(28)14-16-6-7-16)12-17-8-9-18(31)21(33-23)20(17)29;1-15-7-8-16-11-26-13-27-18(16)19(15)31-21(27)23(5)9-10-25(27,20(26)29(26)14-28)12-17(23)24(6,30)22(2,3)4;1-14-7-8-15-11-25-13-26-17(15)18(14)29-20(26)22(5)9-10-24(26,19(25)27-25)12-16(22)23(6,28)21(2,3)4;1-20(2,3)22(5,28)15-11-23-9-8-21(15,4)19-25(23)12-24(18(23)26-24)10-13-6-7-14(27)17(29-19)16(13)25/h8-9,16,19,22-23,31-32H,6-7,10-15H2,1-5H3;7-8,17,20-21,30H,9-13H2,1-6H3;7-8,16,19-20,27-28H,9-13H2,1-6H3;6-7,15,18-19,26-28H,8-12H2,1-5H3/t19?,22-,23?,25?,26?,27?,28+,29-,30?;17?,20-,21?,23?,24?,25?,26+,27-,29?;16?,19-,20?,22?,23?,24?,25+,26-;15?,18-,19?,21?,22?,23?,24+,25-/m0000/s1. The average molecular weight is 1660 g/mol. The zero-order valence-electron chi connectivity index (χ0n) is 77.5. The van der Waals surface area contributed by atoms with Gasteiger partial charge in [0.15, 0.2) is 29.2 Å². The third kappa shape index (κ3) is 7.60. The molecule has 8 N–H and O–H groups in total. The van der Waals surface area contributed by atoms with Crippen LogP contribution in [0.1, 0.15) is 310 Å². The van der Waals surface area contributed by atoms with Gasteiger partial charge in [-0.1, -0.05) is 147 Å². The number of aliphatic hydroxyl groups is 4. The van der Waals surface area contributed by atoms with Gasteiger partial charge in [-0.2, -0.15) is 5.26 Å². The van der Waals surface area contributed by atoms with Crippen LogP contribution in [0.3, 0.4) is 0 Å². The molecule has 0 aromatic heterocycles. The number of aryl methyl sites for hydroxylation is 2. The lowest BCUT2D eigenvalue weighted by atomic mass is 9.35. The molecule has 4 saturated heterocycles. The molecule has 21 unspecified atom stereocenters. The summed E-state index contributed by atoms with van der Waals surface area (Å²) in [6, 6.07) is 19.3. The number of hydrogen-bond donors (Lipinski definition) is 8. The number of piperidine rings is 4. The number of nitriles is 1. The second-order valence-corrected chi connectivity index (χ2v) is 54.0. The average Bonchev–Trinajstić information content (AvgIpc) is 1.44. The number of nitrogens with zero attached hydrogens (tertiary/aromatic N) is 3. The summed E-state index contributed by atoms with van der Waals surface area (Å²) < 4.78 is 27.8. The monoisotopic (exact) mass is 1660 g/mol. The Labute approximate surface area is 725 Å². The summed E-state index contributed by atoms with van der Waals surface area (Å²) in [5.74, 6) is 6.19. The second kappa shape index (κ2) is 20.9.